The van der Waals surface area contributed by atoms with Gasteiger partial charge >= 0.3 is 13.8 Å². The molecule has 3 unspecified atom stereocenters. The first kappa shape index (κ1) is 47.9. The second-order valence-corrected chi connectivity index (χ2v) is 14.8. The van der Waals surface area contributed by atoms with Gasteiger partial charge in [-0.3, -0.25) is 13.8 Å². The normalized spacial score (nSPS) is 14.5. The van der Waals surface area contributed by atoms with Crippen LogP contribution in [0.4, 0.5) is 0 Å². The lowest BCUT2D eigenvalue weighted by Crippen LogP contribution is -2.29. The minimum Gasteiger partial charge on any atom is -0.457 e. The Bertz CT molecular complexity index is 820. The average Bonchev–Trinajstić information content (AvgIpc) is 3.09. The fourth-order valence-corrected chi connectivity index (χ4v) is 6.10. The molecule has 0 saturated heterocycles. The van der Waals surface area contributed by atoms with Crippen molar-refractivity contribution in [2.75, 3.05) is 33.0 Å². The van der Waals surface area contributed by atoms with E-state index in [4.69, 9.17) is 23.6 Å². The van der Waals surface area contributed by atoms with Crippen LogP contribution in [0.25, 0.3) is 0 Å². The summed E-state index contributed by atoms with van der Waals surface area (Å²) < 4.78 is 33.3. The SMILES string of the molecule is CCCC/C=C\C/C=C\CCCCCCCCOCC(COP(=O)(O)OCC(O)CO)OC(=O)CCCCCCCCCCCCCCC. The van der Waals surface area contributed by atoms with Crippen LogP contribution in [0.3, 0.4) is 0 Å². The highest BCUT2D eigenvalue weighted by atomic mass is 31.2. The summed E-state index contributed by atoms with van der Waals surface area (Å²) in [6, 6.07) is 0. The summed E-state index contributed by atoms with van der Waals surface area (Å²) in [5.41, 5.74) is 0. The zero-order valence-corrected chi connectivity index (χ0v) is 32.3. The number of aliphatic hydroxyl groups excluding tert-OH is 2. The molecular formula is C39H75O9P. The van der Waals surface area contributed by atoms with Crippen molar-refractivity contribution in [3.05, 3.63) is 24.3 Å². The van der Waals surface area contributed by atoms with Crippen molar-refractivity contribution in [1.29, 1.82) is 0 Å². The van der Waals surface area contributed by atoms with Gasteiger partial charge in [-0.1, -0.05) is 154 Å². The maximum Gasteiger partial charge on any atom is 0.472 e. The first-order chi connectivity index (χ1) is 23.8. The van der Waals surface area contributed by atoms with E-state index < -0.39 is 33.2 Å². The molecule has 0 heterocycles. The van der Waals surface area contributed by atoms with E-state index in [2.05, 4.69) is 38.2 Å². The molecule has 3 atom stereocenters. The second kappa shape index (κ2) is 36.7. The number of allylic oxidation sites excluding steroid dienone is 4. The molecule has 290 valence electrons. The van der Waals surface area contributed by atoms with E-state index in [9.17, 15) is 19.4 Å². The molecule has 3 N–H and O–H groups in total. The van der Waals surface area contributed by atoms with Crippen molar-refractivity contribution in [3.63, 3.8) is 0 Å². The molecule has 0 aromatic heterocycles. The van der Waals surface area contributed by atoms with Crippen LogP contribution in [0.15, 0.2) is 24.3 Å². The van der Waals surface area contributed by atoms with Gasteiger partial charge in [0.2, 0.25) is 0 Å². The third kappa shape index (κ3) is 36.5. The molecule has 0 aromatic carbocycles. The number of hydrogen-bond donors (Lipinski definition) is 3. The summed E-state index contributed by atoms with van der Waals surface area (Å²) in [4.78, 5) is 22.5. The van der Waals surface area contributed by atoms with E-state index >= 15 is 0 Å². The van der Waals surface area contributed by atoms with E-state index in [0.717, 1.165) is 51.4 Å². The largest absolute Gasteiger partial charge is 0.472 e. The minimum atomic E-state index is -4.51. The van der Waals surface area contributed by atoms with Gasteiger partial charge in [-0.2, -0.15) is 0 Å². The molecule has 0 spiro atoms. The Morgan fingerprint density at radius 1 is 0.633 bits per heavy atom. The first-order valence-electron chi connectivity index (χ1n) is 19.8. The average molecular weight is 719 g/mol. The number of carbonyl (C=O) groups excluding carboxylic acids is 1. The quantitative estimate of drug-likeness (QED) is 0.0247. The molecule has 0 fully saturated rings. The Morgan fingerprint density at radius 2 is 1.12 bits per heavy atom. The smallest absolute Gasteiger partial charge is 0.457 e. The van der Waals surface area contributed by atoms with E-state index in [0.29, 0.717) is 6.61 Å². The van der Waals surface area contributed by atoms with Crippen LogP contribution in [-0.2, 0) is 27.9 Å². The zero-order valence-electron chi connectivity index (χ0n) is 31.4. The van der Waals surface area contributed by atoms with Gasteiger partial charge in [0.1, 0.15) is 12.2 Å². The van der Waals surface area contributed by atoms with E-state index in [1.807, 2.05) is 0 Å². The van der Waals surface area contributed by atoms with Crippen LogP contribution in [0.1, 0.15) is 174 Å². The lowest BCUT2D eigenvalue weighted by atomic mass is 10.0. The van der Waals surface area contributed by atoms with Gasteiger partial charge in [-0.25, -0.2) is 4.57 Å². The molecular weight excluding hydrogens is 643 g/mol. The number of phosphoric acid groups is 1. The molecule has 0 rings (SSSR count). The van der Waals surface area contributed by atoms with Crippen LogP contribution in [0, 0.1) is 0 Å². The Labute approximate surface area is 300 Å². The fraction of sp³-hybridized carbons (Fsp3) is 0.872. The van der Waals surface area contributed by atoms with Crippen LogP contribution in [0.2, 0.25) is 0 Å². The maximum absolute atomic E-state index is 12.6. The third-order valence-corrected chi connectivity index (χ3v) is 9.34. The summed E-state index contributed by atoms with van der Waals surface area (Å²) in [5.74, 6) is -0.386. The molecule has 0 amide bonds. The minimum absolute atomic E-state index is 0.0454. The summed E-state index contributed by atoms with van der Waals surface area (Å²) in [6.45, 7) is 3.46. The van der Waals surface area contributed by atoms with Crippen molar-refractivity contribution in [2.45, 2.75) is 187 Å². The van der Waals surface area contributed by atoms with Gasteiger partial charge in [0.25, 0.3) is 0 Å². The highest BCUT2D eigenvalue weighted by Gasteiger charge is 2.26. The number of hydrogen-bond acceptors (Lipinski definition) is 8. The number of esters is 1. The van der Waals surface area contributed by atoms with Gasteiger partial charge < -0.3 is 24.6 Å². The number of ether oxygens (including phenoxy) is 2. The van der Waals surface area contributed by atoms with Crippen molar-refractivity contribution < 1.29 is 43.0 Å². The predicted molar refractivity (Wildman–Crippen MR) is 201 cm³/mol. The van der Waals surface area contributed by atoms with Crippen LogP contribution in [0.5, 0.6) is 0 Å². The van der Waals surface area contributed by atoms with Gasteiger partial charge in [0, 0.05) is 13.0 Å². The Kier molecular flexibility index (Phi) is 35.9. The molecule has 0 aromatic rings. The lowest BCUT2D eigenvalue weighted by molar-refractivity contribution is -0.154. The molecule has 0 bridgehead atoms. The number of unbranched alkanes of at least 4 members (excludes halogenated alkanes) is 20. The predicted octanol–water partition coefficient (Wildman–Crippen LogP) is 10.3. The number of carbonyl (C=O) groups is 1. The molecule has 9 nitrogen and oxygen atoms in total. The maximum atomic E-state index is 12.6. The van der Waals surface area contributed by atoms with E-state index in [1.165, 1.54) is 103 Å². The Balaban J connectivity index is 4.22. The van der Waals surface area contributed by atoms with Gasteiger partial charge in [-0.15, -0.1) is 0 Å². The van der Waals surface area contributed by atoms with Gasteiger partial charge in [0.15, 0.2) is 0 Å². The third-order valence-electron chi connectivity index (χ3n) is 8.39. The van der Waals surface area contributed by atoms with Crippen molar-refractivity contribution in [1.82, 2.24) is 0 Å². The van der Waals surface area contributed by atoms with Crippen LogP contribution < -0.4 is 0 Å². The fourth-order valence-electron chi connectivity index (χ4n) is 5.31. The summed E-state index contributed by atoms with van der Waals surface area (Å²) in [6.07, 6.45) is 35.6. The number of rotatable bonds is 38. The Hall–Kier alpha value is -1.06. The summed E-state index contributed by atoms with van der Waals surface area (Å²) >= 11 is 0. The molecule has 0 saturated carbocycles. The number of aliphatic hydroxyl groups is 2. The number of phosphoric ester groups is 1. The van der Waals surface area contributed by atoms with Crippen molar-refractivity contribution in [2.24, 2.45) is 0 Å². The van der Waals surface area contributed by atoms with E-state index in [-0.39, 0.29) is 25.6 Å². The monoisotopic (exact) mass is 719 g/mol. The zero-order chi connectivity index (χ0) is 36.1. The topological polar surface area (TPSA) is 132 Å². The molecule has 0 aliphatic carbocycles. The Morgan fingerprint density at radius 3 is 1.69 bits per heavy atom. The van der Waals surface area contributed by atoms with Gasteiger partial charge in [-0.05, 0) is 38.5 Å². The van der Waals surface area contributed by atoms with E-state index in [1.54, 1.807) is 0 Å². The molecule has 49 heavy (non-hydrogen) atoms. The van der Waals surface area contributed by atoms with Crippen molar-refractivity contribution in [3.8, 4) is 0 Å². The molecule has 0 aliphatic rings. The van der Waals surface area contributed by atoms with Crippen molar-refractivity contribution >= 4 is 13.8 Å². The highest BCUT2D eigenvalue weighted by Crippen LogP contribution is 2.43. The molecule has 0 radical (unpaired) electrons. The standard InChI is InChI=1S/C39H75O9P/c1-3-5-7-9-11-13-15-17-18-20-22-24-26-28-30-32-45-35-38(36-47-49(43,44)46-34-37(41)33-40)48-39(42)31-29-27-25-23-21-19-16-14-12-10-8-6-4-2/h9,11,15,17,37-38,40-41H,3-8,10,12-14,16,18-36H2,1-2H3,(H,43,44)/b11-9-,17-15-. The van der Waals surface area contributed by atoms with Gasteiger partial charge in [0.05, 0.1) is 26.4 Å². The highest BCUT2D eigenvalue weighted by molar-refractivity contribution is 7.47. The van der Waals surface area contributed by atoms with Crippen LogP contribution in [-0.4, -0.2) is 66.3 Å². The molecule has 10 heteroatoms. The molecule has 0 aliphatic heterocycles. The first-order valence-corrected chi connectivity index (χ1v) is 21.3. The lowest BCUT2D eigenvalue weighted by Gasteiger charge is -2.20. The van der Waals surface area contributed by atoms with Crippen LogP contribution >= 0.6 is 7.82 Å². The summed E-state index contributed by atoms with van der Waals surface area (Å²) in [7, 11) is -4.51. The second-order valence-electron chi connectivity index (χ2n) is 13.3. The summed E-state index contributed by atoms with van der Waals surface area (Å²) in [5, 5.41) is 18.3.